The Morgan fingerprint density at radius 1 is 1.47 bits per heavy atom. The molecule has 0 bridgehead atoms. The smallest absolute Gasteiger partial charge is 0.281 e. The molecule has 7 heteroatoms. The van der Waals surface area contributed by atoms with Crippen molar-refractivity contribution in [3.05, 3.63) is 24.3 Å². The molecular formula is C10H14N6O. The van der Waals surface area contributed by atoms with Crippen molar-refractivity contribution >= 4 is 11.9 Å². The topological polar surface area (TPSA) is 90.6 Å². The Bertz CT molecular complexity index is 463. The average Bonchev–Trinajstić information content (AvgIpc) is 3.01. The number of carbonyl (C=O) groups is 1. The molecule has 17 heavy (non-hydrogen) atoms. The Morgan fingerprint density at radius 3 is 2.82 bits per heavy atom. The van der Waals surface area contributed by atoms with Crippen molar-refractivity contribution in [2.75, 3.05) is 4.90 Å². The molecule has 2 aromatic heterocycles. The highest BCUT2D eigenvalue weighted by atomic mass is 16.2. The summed E-state index contributed by atoms with van der Waals surface area (Å²) in [4.78, 5) is 17.8. The van der Waals surface area contributed by atoms with Crippen molar-refractivity contribution in [1.29, 1.82) is 0 Å². The maximum absolute atomic E-state index is 12.3. The van der Waals surface area contributed by atoms with Crippen LogP contribution in [0.3, 0.4) is 0 Å². The number of hydrogen-bond donors (Lipinski definition) is 2. The Morgan fingerprint density at radius 2 is 2.29 bits per heavy atom. The number of aromatic nitrogens is 5. The van der Waals surface area contributed by atoms with Gasteiger partial charge in [-0.2, -0.15) is 5.10 Å². The van der Waals surface area contributed by atoms with Crippen LogP contribution in [0.25, 0.3) is 0 Å². The van der Waals surface area contributed by atoms with Crippen molar-refractivity contribution < 1.29 is 4.79 Å². The van der Waals surface area contributed by atoms with Crippen LogP contribution in [0.15, 0.2) is 18.6 Å². The third kappa shape index (κ3) is 2.17. The van der Waals surface area contributed by atoms with Gasteiger partial charge in [0, 0.05) is 12.2 Å². The van der Waals surface area contributed by atoms with Gasteiger partial charge in [0.15, 0.2) is 5.69 Å². The van der Waals surface area contributed by atoms with Crippen LogP contribution in [0.1, 0.15) is 30.8 Å². The molecular weight excluding hydrogens is 220 g/mol. The molecule has 0 radical (unpaired) electrons. The normalized spacial score (nSPS) is 12.4. The number of amides is 1. The molecule has 2 heterocycles. The van der Waals surface area contributed by atoms with Gasteiger partial charge in [0.05, 0.1) is 0 Å². The molecule has 1 atom stereocenters. The van der Waals surface area contributed by atoms with Crippen molar-refractivity contribution in [3.63, 3.8) is 0 Å². The molecule has 0 aromatic carbocycles. The van der Waals surface area contributed by atoms with Crippen molar-refractivity contribution in [2.24, 2.45) is 0 Å². The number of carbonyl (C=O) groups excluding carboxylic acids is 1. The van der Waals surface area contributed by atoms with Crippen LogP contribution in [0.2, 0.25) is 0 Å². The van der Waals surface area contributed by atoms with Crippen molar-refractivity contribution in [3.8, 4) is 0 Å². The molecule has 1 unspecified atom stereocenters. The highest BCUT2D eigenvalue weighted by molar-refractivity contribution is 6.03. The molecule has 2 rings (SSSR count). The fourth-order valence-corrected chi connectivity index (χ4v) is 1.49. The van der Waals surface area contributed by atoms with Crippen molar-refractivity contribution in [2.45, 2.75) is 26.3 Å². The SMILES string of the molecule is CCC(C)N(C(=O)c1cc[nH]n1)c1nc[nH]n1. The van der Waals surface area contributed by atoms with Crippen LogP contribution in [0.5, 0.6) is 0 Å². The standard InChI is InChI=1S/C10H14N6O/c1-3-7(2)16(10-11-6-13-15-10)9(17)8-4-5-12-14-8/h4-7H,3H2,1-2H3,(H,12,14)(H,11,13,15). The predicted molar refractivity (Wildman–Crippen MR) is 61.5 cm³/mol. The van der Waals surface area contributed by atoms with E-state index in [1.807, 2.05) is 13.8 Å². The maximum Gasteiger partial charge on any atom is 0.281 e. The Balaban J connectivity index is 2.31. The summed E-state index contributed by atoms with van der Waals surface area (Å²) in [5, 5.41) is 13.1. The van der Waals surface area contributed by atoms with E-state index in [-0.39, 0.29) is 11.9 Å². The second-order valence-electron chi connectivity index (χ2n) is 3.69. The first-order valence-corrected chi connectivity index (χ1v) is 5.43. The van der Waals surface area contributed by atoms with Gasteiger partial charge in [0.25, 0.3) is 11.9 Å². The van der Waals surface area contributed by atoms with E-state index in [2.05, 4.69) is 25.4 Å². The largest absolute Gasteiger partial charge is 0.285 e. The number of nitrogens with one attached hydrogen (secondary N) is 2. The first-order chi connectivity index (χ1) is 8.24. The summed E-state index contributed by atoms with van der Waals surface area (Å²) in [5.41, 5.74) is 0.357. The summed E-state index contributed by atoms with van der Waals surface area (Å²) in [7, 11) is 0. The first-order valence-electron chi connectivity index (χ1n) is 5.43. The highest BCUT2D eigenvalue weighted by Crippen LogP contribution is 2.15. The van der Waals surface area contributed by atoms with E-state index in [4.69, 9.17) is 0 Å². The third-order valence-corrected chi connectivity index (χ3v) is 2.59. The molecule has 1 amide bonds. The van der Waals surface area contributed by atoms with E-state index >= 15 is 0 Å². The first kappa shape index (κ1) is 11.3. The van der Waals surface area contributed by atoms with E-state index in [9.17, 15) is 4.79 Å². The lowest BCUT2D eigenvalue weighted by molar-refractivity contribution is 0.0971. The van der Waals surface area contributed by atoms with Crippen molar-refractivity contribution in [1.82, 2.24) is 25.4 Å². The minimum atomic E-state index is -0.208. The van der Waals surface area contributed by atoms with Gasteiger partial charge in [0.1, 0.15) is 6.33 Å². The molecule has 90 valence electrons. The zero-order valence-corrected chi connectivity index (χ0v) is 9.71. The van der Waals surface area contributed by atoms with Crippen LogP contribution in [-0.4, -0.2) is 37.3 Å². The van der Waals surface area contributed by atoms with Gasteiger partial charge in [-0.25, -0.2) is 4.98 Å². The Hall–Kier alpha value is -2.18. The molecule has 0 aliphatic carbocycles. The molecule has 0 fully saturated rings. The number of nitrogens with zero attached hydrogens (tertiary/aromatic N) is 4. The molecule has 2 N–H and O–H groups in total. The maximum atomic E-state index is 12.3. The van der Waals surface area contributed by atoms with E-state index in [0.29, 0.717) is 11.6 Å². The monoisotopic (exact) mass is 234 g/mol. The minimum absolute atomic E-state index is 0.00926. The second-order valence-corrected chi connectivity index (χ2v) is 3.69. The zero-order chi connectivity index (χ0) is 12.3. The van der Waals surface area contributed by atoms with E-state index in [0.717, 1.165) is 6.42 Å². The number of aromatic amines is 2. The fraction of sp³-hybridized carbons (Fsp3) is 0.400. The van der Waals surface area contributed by atoms with Gasteiger partial charge in [-0.15, -0.1) is 5.10 Å². The lowest BCUT2D eigenvalue weighted by atomic mass is 10.2. The third-order valence-electron chi connectivity index (χ3n) is 2.59. The molecule has 2 aromatic rings. The van der Waals surface area contributed by atoms with Crippen LogP contribution in [-0.2, 0) is 0 Å². The Labute approximate surface area is 98.2 Å². The summed E-state index contributed by atoms with van der Waals surface area (Å²) in [6, 6.07) is 1.64. The highest BCUT2D eigenvalue weighted by Gasteiger charge is 2.26. The van der Waals surface area contributed by atoms with Gasteiger partial charge in [0.2, 0.25) is 0 Å². The average molecular weight is 234 g/mol. The summed E-state index contributed by atoms with van der Waals surface area (Å²) >= 11 is 0. The minimum Gasteiger partial charge on any atom is -0.285 e. The lowest BCUT2D eigenvalue weighted by Crippen LogP contribution is -2.39. The van der Waals surface area contributed by atoms with E-state index < -0.39 is 0 Å². The summed E-state index contributed by atoms with van der Waals surface area (Å²) in [6.07, 6.45) is 3.87. The lowest BCUT2D eigenvalue weighted by Gasteiger charge is -2.24. The number of anilines is 1. The quantitative estimate of drug-likeness (QED) is 0.824. The molecule has 0 saturated carbocycles. The van der Waals surface area contributed by atoms with Gasteiger partial charge >= 0.3 is 0 Å². The van der Waals surface area contributed by atoms with Crippen LogP contribution in [0.4, 0.5) is 5.95 Å². The number of H-pyrrole nitrogens is 2. The van der Waals surface area contributed by atoms with Gasteiger partial charge in [-0.3, -0.25) is 19.9 Å². The van der Waals surface area contributed by atoms with E-state index in [1.165, 1.54) is 11.2 Å². The fourth-order valence-electron chi connectivity index (χ4n) is 1.49. The second kappa shape index (κ2) is 4.77. The van der Waals surface area contributed by atoms with E-state index in [1.54, 1.807) is 12.3 Å². The predicted octanol–water partition coefficient (Wildman–Crippen LogP) is 0.973. The molecule has 7 nitrogen and oxygen atoms in total. The number of hydrogen-bond acceptors (Lipinski definition) is 4. The van der Waals surface area contributed by atoms with Crippen LogP contribution < -0.4 is 4.90 Å². The Kier molecular flexibility index (Phi) is 3.17. The molecule has 0 saturated heterocycles. The number of rotatable bonds is 4. The summed E-state index contributed by atoms with van der Waals surface area (Å²) < 4.78 is 0. The molecule has 0 aliphatic rings. The van der Waals surface area contributed by atoms with Crippen LogP contribution >= 0.6 is 0 Å². The van der Waals surface area contributed by atoms with Gasteiger partial charge in [-0.05, 0) is 19.4 Å². The van der Waals surface area contributed by atoms with Gasteiger partial charge < -0.3 is 0 Å². The van der Waals surface area contributed by atoms with Gasteiger partial charge in [-0.1, -0.05) is 6.92 Å². The molecule has 0 aliphatic heterocycles. The zero-order valence-electron chi connectivity index (χ0n) is 9.71. The molecule has 0 spiro atoms. The summed E-state index contributed by atoms with van der Waals surface area (Å²) in [6.45, 7) is 3.95. The van der Waals surface area contributed by atoms with Crippen LogP contribution in [0, 0.1) is 0 Å². The summed E-state index contributed by atoms with van der Waals surface area (Å²) in [5.74, 6) is 0.160.